The Morgan fingerprint density at radius 3 is 2.53 bits per heavy atom. The summed E-state index contributed by atoms with van der Waals surface area (Å²) in [6.07, 6.45) is 0. The van der Waals surface area contributed by atoms with E-state index >= 15 is 0 Å². The number of carbonyl (C=O) groups excluding carboxylic acids is 1. The normalized spacial score (nSPS) is 10.9. The van der Waals surface area contributed by atoms with Crippen LogP contribution < -0.4 is 0 Å². The first-order valence-corrected chi connectivity index (χ1v) is 8.71. The van der Waals surface area contributed by atoms with E-state index in [-0.39, 0.29) is 33.4 Å². The van der Waals surface area contributed by atoms with E-state index in [0.717, 1.165) is 11.0 Å². The summed E-state index contributed by atoms with van der Waals surface area (Å²) in [5.74, 6) is -0.977. The molecule has 0 unspecified atom stereocenters. The maximum atomic E-state index is 13.9. The number of hydrogen-bond donors (Lipinski definition) is 0. The second-order valence-electron chi connectivity index (χ2n) is 2.59. The van der Waals surface area contributed by atoms with Crippen molar-refractivity contribution >= 4 is 76.5 Å². The molecule has 2 rings (SSSR count). The molecule has 0 spiro atoms. The number of carbonyl (C=O) groups is 1. The van der Waals surface area contributed by atoms with Crippen LogP contribution in [0.3, 0.4) is 0 Å². The molecule has 2 heterocycles. The summed E-state index contributed by atoms with van der Waals surface area (Å²) in [5.41, 5.74) is 0. The van der Waals surface area contributed by atoms with Gasteiger partial charge in [0.25, 0.3) is 0 Å². The van der Waals surface area contributed by atoms with Gasteiger partial charge in [-0.1, -0.05) is 0 Å². The Morgan fingerprint density at radius 2 is 2.00 bits per heavy atom. The van der Waals surface area contributed by atoms with Crippen LogP contribution in [0, 0.1) is 5.82 Å². The Hall–Kier alpha value is 0.619. The minimum atomic E-state index is -0.560. The average Bonchev–Trinajstić information content (AvgIpc) is 2.67. The maximum absolute atomic E-state index is 13.9. The van der Waals surface area contributed by atoms with Gasteiger partial charge in [0.05, 0.1) is 0 Å². The number of halogens is 3. The Kier molecular flexibility index (Phi) is 3.60. The molecule has 2 aromatic heterocycles. The predicted octanol–water partition coefficient (Wildman–Crippen LogP) is 2.40. The molecule has 0 aromatic carbocycles. The van der Waals surface area contributed by atoms with Crippen molar-refractivity contribution in [3.8, 4) is 0 Å². The van der Waals surface area contributed by atoms with Crippen LogP contribution in [0.15, 0.2) is 6.69 Å². The van der Waals surface area contributed by atoms with Gasteiger partial charge in [0, 0.05) is 0 Å². The van der Waals surface area contributed by atoms with Crippen molar-refractivity contribution in [2.45, 2.75) is 0 Å². The summed E-state index contributed by atoms with van der Waals surface area (Å²) >= 11 is 6.60. The van der Waals surface area contributed by atoms with E-state index in [4.69, 9.17) is 0 Å². The van der Waals surface area contributed by atoms with Crippen molar-refractivity contribution in [3.63, 3.8) is 0 Å². The van der Waals surface area contributed by atoms with Crippen LogP contribution in [0.5, 0.6) is 0 Å². The van der Waals surface area contributed by atoms with Crippen molar-refractivity contribution in [1.82, 2.24) is 0 Å². The van der Waals surface area contributed by atoms with Gasteiger partial charge < -0.3 is 0 Å². The third-order valence-electron chi connectivity index (χ3n) is 1.78. The molecule has 0 saturated carbocycles. The molecule has 0 bridgehead atoms. The van der Waals surface area contributed by atoms with Crippen LogP contribution in [0.4, 0.5) is 4.39 Å². The number of methoxy groups -OCH3 is 1. The molecule has 0 aliphatic heterocycles. The van der Waals surface area contributed by atoms with Gasteiger partial charge in [-0.05, 0) is 0 Å². The summed E-state index contributed by atoms with van der Waals surface area (Å²) in [7, 11) is 1.27. The Balaban J connectivity index is 2.75. The molecular formula is C8H3Br2FO2Se2. The fourth-order valence-electron chi connectivity index (χ4n) is 1.13. The first-order chi connectivity index (χ1) is 7.06. The van der Waals surface area contributed by atoms with Crippen molar-refractivity contribution in [2.75, 3.05) is 7.11 Å². The first kappa shape index (κ1) is 12.1. The molecule has 7 heteroatoms. The van der Waals surface area contributed by atoms with E-state index < -0.39 is 11.8 Å². The molecule has 2 aromatic rings. The fourth-order valence-corrected chi connectivity index (χ4v) is 9.78. The topological polar surface area (TPSA) is 26.3 Å². The zero-order valence-corrected chi connectivity index (χ0v) is 13.9. The van der Waals surface area contributed by atoms with E-state index in [1.54, 1.807) is 0 Å². The molecule has 15 heavy (non-hydrogen) atoms. The van der Waals surface area contributed by atoms with Crippen molar-refractivity contribution in [1.29, 1.82) is 0 Å². The van der Waals surface area contributed by atoms with E-state index in [1.807, 2.05) is 0 Å². The Bertz CT molecular complexity index is 546. The molecule has 0 atom stereocenters. The second-order valence-corrected chi connectivity index (χ2v) is 10.8. The molecule has 0 amide bonds. The number of fused-ring (bicyclic) bond motifs is 1. The van der Waals surface area contributed by atoms with E-state index in [2.05, 4.69) is 36.6 Å². The third kappa shape index (κ3) is 1.94. The van der Waals surface area contributed by atoms with Crippen molar-refractivity contribution < 1.29 is 13.9 Å². The molecule has 0 fully saturated rings. The van der Waals surface area contributed by atoms with Gasteiger partial charge in [-0.2, -0.15) is 0 Å². The summed E-state index contributed by atoms with van der Waals surface area (Å²) in [6.45, 7) is 0. The van der Waals surface area contributed by atoms with Crippen LogP contribution in [0.2, 0.25) is 0 Å². The molecular weight excluding hydrogens is 465 g/mol. The van der Waals surface area contributed by atoms with Gasteiger partial charge in [0.2, 0.25) is 0 Å². The molecule has 80 valence electrons. The zero-order chi connectivity index (χ0) is 11.2. The number of ether oxygens (including phenoxy) is 1. The number of esters is 1. The fraction of sp³-hybridized carbons (Fsp3) is 0.125. The molecule has 0 radical (unpaired) electrons. The van der Waals surface area contributed by atoms with Crippen molar-refractivity contribution in [2.24, 2.45) is 0 Å². The first-order valence-electron chi connectivity index (χ1n) is 3.70. The summed E-state index contributed by atoms with van der Waals surface area (Å²) in [5, 5.41) is 0.572. The summed E-state index contributed by atoms with van der Waals surface area (Å²) in [4.78, 5) is 11.3. The average molecular weight is 468 g/mol. The van der Waals surface area contributed by atoms with Gasteiger partial charge in [-0.25, -0.2) is 0 Å². The minimum absolute atomic E-state index is 0.116. The molecule has 2 nitrogen and oxygen atoms in total. The van der Waals surface area contributed by atoms with Crippen LogP contribution in [-0.4, -0.2) is 42.1 Å². The van der Waals surface area contributed by atoms with E-state index in [0.29, 0.717) is 5.39 Å². The van der Waals surface area contributed by atoms with Gasteiger partial charge in [0.15, 0.2) is 0 Å². The number of hydrogen-bond acceptors (Lipinski definition) is 2. The van der Waals surface area contributed by atoms with Crippen LogP contribution in [-0.2, 0) is 4.74 Å². The molecule has 0 aliphatic carbocycles. The third-order valence-corrected chi connectivity index (χ3v) is 9.54. The Morgan fingerprint density at radius 1 is 1.33 bits per heavy atom. The van der Waals surface area contributed by atoms with Gasteiger partial charge in [0.1, 0.15) is 0 Å². The zero-order valence-electron chi connectivity index (χ0n) is 7.27. The predicted molar refractivity (Wildman–Crippen MR) is 64.5 cm³/mol. The quantitative estimate of drug-likeness (QED) is 0.476. The van der Waals surface area contributed by atoms with E-state index in [9.17, 15) is 9.18 Å². The van der Waals surface area contributed by atoms with Gasteiger partial charge in [-0.15, -0.1) is 0 Å². The monoisotopic (exact) mass is 468 g/mol. The van der Waals surface area contributed by atoms with Gasteiger partial charge in [-0.3, -0.25) is 0 Å². The van der Waals surface area contributed by atoms with Crippen LogP contribution in [0.25, 0.3) is 9.65 Å². The molecule has 0 aliphatic rings. The standard InChI is InChI=1S/C8H3Br2FO2Se2/c1-13-8(12)5-3(11)2-4(14-5)7(10)15-6(2)9/h1H3. The Labute approximate surface area is 114 Å². The summed E-state index contributed by atoms with van der Waals surface area (Å²) in [6, 6.07) is 0. The second kappa shape index (κ2) is 4.47. The van der Waals surface area contributed by atoms with E-state index in [1.165, 1.54) is 7.11 Å². The SMILES string of the molecule is COC(=O)c1[se]c2c(Br)[se]c(Br)c2c1F. The summed E-state index contributed by atoms with van der Waals surface area (Å²) < 4.78 is 21.4. The van der Waals surface area contributed by atoms with Crippen LogP contribution in [0.1, 0.15) is 9.23 Å². The molecule has 0 saturated heterocycles. The van der Waals surface area contributed by atoms with Crippen LogP contribution >= 0.6 is 31.9 Å². The van der Waals surface area contributed by atoms with Crippen molar-refractivity contribution in [3.05, 3.63) is 16.9 Å². The van der Waals surface area contributed by atoms with Gasteiger partial charge >= 0.3 is 114 Å². The number of rotatable bonds is 1. The molecule has 0 N–H and O–H groups in total.